The standard InChI is InChI=1S/C21H20N2/c1-14-10-20-21(11-15(14)2)23(16(3)22-20)13-17-8-9-18-6-4-5-7-19(18)12-17/h4-12H,13H2,1-3H3. The van der Waals surface area contributed by atoms with Crippen molar-refractivity contribution in [2.45, 2.75) is 27.3 Å². The second-order valence-corrected chi connectivity index (χ2v) is 6.35. The van der Waals surface area contributed by atoms with Gasteiger partial charge in [-0.25, -0.2) is 4.98 Å². The van der Waals surface area contributed by atoms with Crippen LogP contribution < -0.4 is 0 Å². The molecule has 4 aromatic rings. The highest BCUT2D eigenvalue weighted by Crippen LogP contribution is 2.23. The Bertz CT molecular complexity index is 1020. The average Bonchev–Trinajstić information content (AvgIpc) is 2.83. The fourth-order valence-electron chi connectivity index (χ4n) is 3.22. The van der Waals surface area contributed by atoms with Gasteiger partial charge in [-0.15, -0.1) is 0 Å². The molecule has 4 rings (SSSR count). The molecule has 0 radical (unpaired) electrons. The molecule has 0 spiro atoms. The molecule has 0 atom stereocenters. The molecule has 0 aliphatic rings. The number of benzene rings is 3. The van der Waals surface area contributed by atoms with Crippen molar-refractivity contribution in [2.75, 3.05) is 0 Å². The van der Waals surface area contributed by atoms with Gasteiger partial charge in [-0.05, 0) is 66.4 Å². The highest BCUT2D eigenvalue weighted by Gasteiger charge is 2.09. The Labute approximate surface area is 136 Å². The summed E-state index contributed by atoms with van der Waals surface area (Å²) in [6.45, 7) is 7.26. The molecule has 2 heteroatoms. The number of nitrogens with zero attached hydrogens (tertiary/aromatic N) is 2. The second kappa shape index (κ2) is 5.24. The van der Waals surface area contributed by atoms with Crippen molar-refractivity contribution in [3.05, 3.63) is 77.1 Å². The maximum Gasteiger partial charge on any atom is 0.107 e. The monoisotopic (exact) mass is 300 g/mol. The van der Waals surface area contributed by atoms with Gasteiger partial charge in [0.05, 0.1) is 11.0 Å². The molecule has 0 N–H and O–H groups in total. The summed E-state index contributed by atoms with van der Waals surface area (Å²) in [5.74, 6) is 1.07. The fraction of sp³-hybridized carbons (Fsp3) is 0.190. The highest BCUT2D eigenvalue weighted by atomic mass is 15.1. The summed E-state index contributed by atoms with van der Waals surface area (Å²) in [5.41, 5.74) is 6.24. The van der Waals surface area contributed by atoms with Gasteiger partial charge in [0.25, 0.3) is 0 Å². The summed E-state index contributed by atoms with van der Waals surface area (Å²) in [6.07, 6.45) is 0. The normalized spacial score (nSPS) is 11.4. The third-order valence-electron chi connectivity index (χ3n) is 4.71. The van der Waals surface area contributed by atoms with E-state index in [1.807, 2.05) is 0 Å². The zero-order valence-corrected chi connectivity index (χ0v) is 13.8. The Kier molecular flexibility index (Phi) is 3.19. The molecule has 1 heterocycles. The Morgan fingerprint density at radius 3 is 2.39 bits per heavy atom. The van der Waals surface area contributed by atoms with Crippen LogP contribution in [0.2, 0.25) is 0 Å². The summed E-state index contributed by atoms with van der Waals surface area (Å²) in [6, 6.07) is 19.6. The Morgan fingerprint density at radius 1 is 0.826 bits per heavy atom. The van der Waals surface area contributed by atoms with Crippen LogP contribution in [0.25, 0.3) is 21.8 Å². The zero-order valence-electron chi connectivity index (χ0n) is 13.8. The highest BCUT2D eigenvalue weighted by molar-refractivity contribution is 5.83. The second-order valence-electron chi connectivity index (χ2n) is 6.35. The molecule has 0 unspecified atom stereocenters. The van der Waals surface area contributed by atoms with Crippen LogP contribution in [-0.4, -0.2) is 9.55 Å². The van der Waals surface area contributed by atoms with E-state index in [0.717, 1.165) is 17.9 Å². The molecule has 0 aliphatic carbocycles. The van der Waals surface area contributed by atoms with Crippen LogP contribution in [0.3, 0.4) is 0 Å². The molecule has 1 aromatic heterocycles. The van der Waals surface area contributed by atoms with E-state index in [1.165, 1.54) is 33.0 Å². The van der Waals surface area contributed by atoms with E-state index in [2.05, 4.69) is 79.9 Å². The number of hydrogen-bond donors (Lipinski definition) is 0. The van der Waals surface area contributed by atoms with E-state index in [1.54, 1.807) is 0 Å². The van der Waals surface area contributed by atoms with Gasteiger partial charge in [0.2, 0.25) is 0 Å². The van der Waals surface area contributed by atoms with Crippen LogP contribution in [0.1, 0.15) is 22.5 Å². The molecule has 0 saturated heterocycles. The first-order chi connectivity index (χ1) is 11.1. The van der Waals surface area contributed by atoms with Gasteiger partial charge < -0.3 is 4.57 Å². The van der Waals surface area contributed by atoms with E-state index in [0.29, 0.717) is 0 Å². The molecule has 2 nitrogen and oxygen atoms in total. The third kappa shape index (κ3) is 2.40. The molecule has 0 aliphatic heterocycles. The van der Waals surface area contributed by atoms with Crippen LogP contribution in [0.15, 0.2) is 54.6 Å². The van der Waals surface area contributed by atoms with Crippen molar-refractivity contribution in [2.24, 2.45) is 0 Å². The topological polar surface area (TPSA) is 17.8 Å². The van der Waals surface area contributed by atoms with E-state index < -0.39 is 0 Å². The zero-order chi connectivity index (χ0) is 16.0. The lowest BCUT2D eigenvalue weighted by atomic mass is 10.1. The van der Waals surface area contributed by atoms with E-state index >= 15 is 0 Å². The molecule has 114 valence electrons. The molecule has 3 aromatic carbocycles. The lowest BCUT2D eigenvalue weighted by Gasteiger charge is -2.09. The number of imidazole rings is 1. The summed E-state index contributed by atoms with van der Waals surface area (Å²) < 4.78 is 2.31. The number of fused-ring (bicyclic) bond motifs is 2. The van der Waals surface area contributed by atoms with Crippen molar-refractivity contribution in [3.63, 3.8) is 0 Å². The van der Waals surface area contributed by atoms with E-state index in [-0.39, 0.29) is 0 Å². The Balaban J connectivity index is 1.82. The molecular weight excluding hydrogens is 280 g/mol. The maximum atomic E-state index is 4.74. The van der Waals surface area contributed by atoms with Gasteiger partial charge in [0.15, 0.2) is 0 Å². The van der Waals surface area contributed by atoms with E-state index in [4.69, 9.17) is 4.98 Å². The first-order valence-electron chi connectivity index (χ1n) is 8.03. The van der Waals surface area contributed by atoms with Gasteiger partial charge >= 0.3 is 0 Å². The minimum Gasteiger partial charge on any atom is -0.324 e. The van der Waals surface area contributed by atoms with Crippen LogP contribution in [0, 0.1) is 20.8 Å². The molecule has 23 heavy (non-hydrogen) atoms. The van der Waals surface area contributed by atoms with Gasteiger partial charge in [-0.1, -0.05) is 36.4 Å². The van der Waals surface area contributed by atoms with Crippen molar-refractivity contribution in [1.82, 2.24) is 9.55 Å². The minimum absolute atomic E-state index is 0.857. The van der Waals surface area contributed by atoms with Crippen LogP contribution in [-0.2, 0) is 6.54 Å². The van der Waals surface area contributed by atoms with Crippen molar-refractivity contribution < 1.29 is 0 Å². The molecule has 0 saturated carbocycles. The van der Waals surface area contributed by atoms with E-state index in [9.17, 15) is 0 Å². The Hall–Kier alpha value is -2.61. The smallest absolute Gasteiger partial charge is 0.107 e. The molecule has 0 bridgehead atoms. The predicted octanol–water partition coefficient (Wildman–Crippen LogP) is 5.16. The number of aromatic nitrogens is 2. The van der Waals surface area contributed by atoms with Gasteiger partial charge in [0, 0.05) is 6.54 Å². The van der Waals surface area contributed by atoms with Crippen molar-refractivity contribution >= 4 is 21.8 Å². The lowest BCUT2D eigenvalue weighted by molar-refractivity contribution is 0.786. The SMILES string of the molecule is Cc1cc2nc(C)n(Cc3ccc4ccccc4c3)c2cc1C. The largest absolute Gasteiger partial charge is 0.324 e. The summed E-state index contributed by atoms with van der Waals surface area (Å²) in [5, 5.41) is 2.58. The summed E-state index contributed by atoms with van der Waals surface area (Å²) >= 11 is 0. The quantitative estimate of drug-likeness (QED) is 0.500. The first kappa shape index (κ1) is 14.0. The predicted molar refractivity (Wildman–Crippen MR) is 97.0 cm³/mol. The number of aryl methyl sites for hydroxylation is 3. The molecular formula is C21H20N2. The van der Waals surface area contributed by atoms with Crippen LogP contribution in [0.4, 0.5) is 0 Å². The molecule has 0 fully saturated rings. The average molecular weight is 300 g/mol. The fourth-order valence-corrected chi connectivity index (χ4v) is 3.22. The van der Waals surface area contributed by atoms with Gasteiger partial charge in [-0.2, -0.15) is 0 Å². The van der Waals surface area contributed by atoms with Crippen LogP contribution >= 0.6 is 0 Å². The molecule has 0 amide bonds. The van der Waals surface area contributed by atoms with Crippen molar-refractivity contribution in [1.29, 1.82) is 0 Å². The summed E-state index contributed by atoms with van der Waals surface area (Å²) in [7, 11) is 0. The Morgan fingerprint density at radius 2 is 1.57 bits per heavy atom. The minimum atomic E-state index is 0.857. The number of hydrogen-bond acceptors (Lipinski definition) is 1. The van der Waals surface area contributed by atoms with Crippen molar-refractivity contribution in [3.8, 4) is 0 Å². The lowest BCUT2D eigenvalue weighted by Crippen LogP contribution is -2.02. The first-order valence-corrected chi connectivity index (χ1v) is 8.03. The van der Waals surface area contributed by atoms with Crippen LogP contribution in [0.5, 0.6) is 0 Å². The summed E-state index contributed by atoms with van der Waals surface area (Å²) in [4.78, 5) is 4.74. The van der Waals surface area contributed by atoms with Gasteiger partial charge in [0.1, 0.15) is 5.82 Å². The number of rotatable bonds is 2. The third-order valence-corrected chi connectivity index (χ3v) is 4.71. The maximum absolute atomic E-state index is 4.74. The van der Waals surface area contributed by atoms with Gasteiger partial charge in [-0.3, -0.25) is 0 Å².